The number of hydrogen-bond donors (Lipinski definition) is 2. The zero-order valence-corrected chi connectivity index (χ0v) is 13.1. The fraction of sp³-hybridized carbons (Fsp3) is 0.462. The van der Waals surface area contributed by atoms with Gasteiger partial charge in [-0.3, -0.25) is 4.79 Å². The molecule has 8 heteroatoms. The smallest absolute Gasteiger partial charge is 0.405 e. The second-order valence-corrected chi connectivity index (χ2v) is 5.77. The largest absolute Gasteiger partial charge is 0.573 e. The number of carbonyl (C=O) groups is 1. The number of carbonyl (C=O) groups excluding carboxylic acids is 1. The molecule has 1 atom stereocenters. The number of nitrogens with one attached hydrogen (secondary N) is 1. The molecule has 0 aromatic heterocycles. The molecule has 1 aromatic rings. The molecule has 4 nitrogen and oxygen atoms in total. The number of hydrogen-bond acceptors (Lipinski definition) is 3. The lowest BCUT2D eigenvalue weighted by Gasteiger charge is -2.15. The molecule has 0 saturated heterocycles. The van der Waals surface area contributed by atoms with Crippen LogP contribution in [0.2, 0.25) is 0 Å². The summed E-state index contributed by atoms with van der Waals surface area (Å²) in [5.41, 5.74) is 6.05. The van der Waals surface area contributed by atoms with E-state index in [0.29, 0.717) is 12.1 Å². The Morgan fingerprint density at radius 2 is 2.05 bits per heavy atom. The van der Waals surface area contributed by atoms with Crippen molar-refractivity contribution < 1.29 is 22.7 Å². The van der Waals surface area contributed by atoms with Gasteiger partial charge >= 0.3 is 6.36 Å². The van der Waals surface area contributed by atoms with Crippen LogP contribution in [0.1, 0.15) is 20.3 Å². The van der Waals surface area contributed by atoms with Gasteiger partial charge in [0.25, 0.3) is 0 Å². The third-order valence-electron chi connectivity index (χ3n) is 2.49. The first-order chi connectivity index (χ1) is 9.58. The Balaban J connectivity index is 2.74. The molecule has 21 heavy (non-hydrogen) atoms. The normalized spacial score (nSPS) is 13.1. The fourth-order valence-corrected chi connectivity index (χ4v) is 2.10. The van der Waals surface area contributed by atoms with Crippen molar-refractivity contribution in [3.05, 3.63) is 22.7 Å². The topological polar surface area (TPSA) is 64.4 Å². The van der Waals surface area contributed by atoms with E-state index in [-0.39, 0.29) is 22.0 Å². The van der Waals surface area contributed by atoms with Crippen molar-refractivity contribution in [1.82, 2.24) is 0 Å². The highest BCUT2D eigenvalue weighted by atomic mass is 79.9. The Labute approximate surface area is 129 Å². The van der Waals surface area contributed by atoms with E-state index < -0.39 is 12.4 Å². The van der Waals surface area contributed by atoms with Gasteiger partial charge in [-0.1, -0.05) is 13.8 Å². The quantitative estimate of drug-likeness (QED) is 0.833. The zero-order chi connectivity index (χ0) is 16.2. The number of rotatable bonds is 5. The number of benzene rings is 1. The third kappa shape index (κ3) is 6.34. The minimum atomic E-state index is -4.77. The summed E-state index contributed by atoms with van der Waals surface area (Å²) >= 11 is 2.96. The molecule has 0 aliphatic heterocycles. The van der Waals surface area contributed by atoms with Crippen LogP contribution in [0.4, 0.5) is 18.9 Å². The van der Waals surface area contributed by atoms with E-state index in [2.05, 4.69) is 26.0 Å². The number of ether oxygens (including phenoxy) is 1. The maximum Gasteiger partial charge on any atom is 0.573 e. The summed E-state index contributed by atoms with van der Waals surface area (Å²) in [6.07, 6.45) is -4.25. The summed E-state index contributed by atoms with van der Waals surface area (Å²) in [6.45, 7) is 3.87. The molecule has 0 aliphatic carbocycles. The van der Waals surface area contributed by atoms with Gasteiger partial charge < -0.3 is 15.8 Å². The van der Waals surface area contributed by atoms with Crippen LogP contribution in [-0.4, -0.2) is 18.3 Å². The average Bonchev–Trinajstić information content (AvgIpc) is 2.30. The monoisotopic (exact) mass is 368 g/mol. The number of anilines is 1. The zero-order valence-electron chi connectivity index (χ0n) is 11.5. The summed E-state index contributed by atoms with van der Waals surface area (Å²) in [6, 6.07) is 3.07. The molecule has 0 unspecified atom stereocenters. The average molecular weight is 369 g/mol. The molecular weight excluding hydrogens is 353 g/mol. The lowest BCUT2D eigenvalue weighted by molar-refractivity contribution is -0.274. The SMILES string of the molecule is CC(C)C[C@H](N)C(=O)Nc1ccc(OC(F)(F)F)c(Br)c1. The molecule has 0 aliphatic rings. The Morgan fingerprint density at radius 1 is 1.43 bits per heavy atom. The van der Waals surface area contributed by atoms with Crippen LogP contribution in [0.3, 0.4) is 0 Å². The van der Waals surface area contributed by atoms with E-state index in [4.69, 9.17) is 5.73 Å². The van der Waals surface area contributed by atoms with E-state index in [0.717, 1.165) is 6.07 Å². The maximum atomic E-state index is 12.1. The third-order valence-corrected chi connectivity index (χ3v) is 3.11. The van der Waals surface area contributed by atoms with E-state index in [1.54, 1.807) is 0 Å². The van der Waals surface area contributed by atoms with Crippen molar-refractivity contribution in [2.24, 2.45) is 11.7 Å². The summed E-state index contributed by atoms with van der Waals surface area (Å²) < 4.78 is 40.3. The first-order valence-corrected chi connectivity index (χ1v) is 6.99. The molecular formula is C13H16BrF3N2O2. The Hall–Kier alpha value is -1.28. The van der Waals surface area contributed by atoms with Crippen molar-refractivity contribution in [3.8, 4) is 5.75 Å². The second-order valence-electron chi connectivity index (χ2n) is 4.92. The number of nitrogens with two attached hydrogens (primary N) is 1. The van der Waals surface area contributed by atoms with Crippen molar-refractivity contribution >= 4 is 27.5 Å². The van der Waals surface area contributed by atoms with Crippen LogP contribution in [0, 0.1) is 5.92 Å². The van der Waals surface area contributed by atoms with Crippen molar-refractivity contribution in [3.63, 3.8) is 0 Å². The predicted molar refractivity (Wildman–Crippen MR) is 76.9 cm³/mol. The number of alkyl halides is 3. The van der Waals surface area contributed by atoms with Gasteiger partial charge in [0.2, 0.25) is 5.91 Å². The van der Waals surface area contributed by atoms with E-state index in [1.165, 1.54) is 12.1 Å². The molecule has 1 rings (SSSR count). The van der Waals surface area contributed by atoms with Gasteiger partial charge in [0.1, 0.15) is 5.75 Å². The van der Waals surface area contributed by atoms with Crippen LogP contribution < -0.4 is 15.8 Å². The van der Waals surface area contributed by atoms with Crippen LogP contribution in [-0.2, 0) is 4.79 Å². The van der Waals surface area contributed by atoms with Crippen molar-refractivity contribution in [2.45, 2.75) is 32.7 Å². The van der Waals surface area contributed by atoms with Gasteiger partial charge in [0, 0.05) is 5.69 Å². The minimum Gasteiger partial charge on any atom is -0.405 e. The molecule has 0 radical (unpaired) electrons. The standard InChI is InChI=1S/C13H16BrF3N2O2/c1-7(2)5-10(18)12(20)19-8-3-4-11(9(14)6-8)21-13(15,16)17/h3-4,6-7,10H,5,18H2,1-2H3,(H,19,20)/t10-/m0/s1. The van der Waals surface area contributed by atoms with Gasteiger partial charge in [-0.15, -0.1) is 13.2 Å². The van der Waals surface area contributed by atoms with Gasteiger partial charge in [0.15, 0.2) is 0 Å². The fourth-order valence-electron chi connectivity index (χ4n) is 1.64. The Bertz CT molecular complexity index is 507. The molecule has 0 bridgehead atoms. The highest BCUT2D eigenvalue weighted by molar-refractivity contribution is 9.10. The summed E-state index contributed by atoms with van der Waals surface area (Å²) in [5.74, 6) is -0.507. The number of amides is 1. The molecule has 0 heterocycles. The van der Waals surface area contributed by atoms with E-state index in [9.17, 15) is 18.0 Å². The molecule has 3 N–H and O–H groups in total. The molecule has 1 aromatic carbocycles. The van der Waals surface area contributed by atoms with Crippen molar-refractivity contribution in [2.75, 3.05) is 5.32 Å². The van der Waals surface area contributed by atoms with Gasteiger partial charge in [-0.25, -0.2) is 0 Å². The summed E-state index contributed by atoms with van der Waals surface area (Å²) in [7, 11) is 0. The van der Waals surface area contributed by atoms with Gasteiger partial charge in [-0.2, -0.15) is 0 Å². The molecule has 0 spiro atoms. The lowest BCUT2D eigenvalue weighted by Crippen LogP contribution is -2.36. The summed E-state index contributed by atoms with van der Waals surface area (Å²) in [5, 5.41) is 2.55. The van der Waals surface area contributed by atoms with Crippen LogP contribution in [0.25, 0.3) is 0 Å². The molecule has 0 fully saturated rings. The molecule has 1 amide bonds. The van der Waals surface area contributed by atoms with E-state index in [1.807, 2.05) is 13.8 Å². The predicted octanol–water partition coefficient (Wildman–Crippen LogP) is 3.66. The highest BCUT2D eigenvalue weighted by Gasteiger charge is 2.32. The number of halogens is 4. The van der Waals surface area contributed by atoms with E-state index >= 15 is 0 Å². The first-order valence-electron chi connectivity index (χ1n) is 6.20. The Morgan fingerprint density at radius 3 is 2.52 bits per heavy atom. The second kappa shape index (κ2) is 7.13. The first kappa shape index (κ1) is 17.8. The molecule has 0 saturated carbocycles. The maximum absolute atomic E-state index is 12.1. The van der Waals surface area contributed by atoms with Gasteiger partial charge in [-0.05, 0) is 46.5 Å². The molecule has 118 valence electrons. The summed E-state index contributed by atoms with van der Waals surface area (Å²) in [4.78, 5) is 11.8. The minimum absolute atomic E-state index is 0.0788. The van der Waals surface area contributed by atoms with Crippen LogP contribution >= 0.6 is 15.9 Å². The van der Waals surface area contributed by atoms with Gasteiger partial charge in [0.05, 0.1) is 10.5 Å². The highest BCUT2D eigenvalue weighted by Crippen LogP contribution is 2.32. The lowest BCUT2D eigenvalue weighted by atomic mass is 10.0. The van der Waals surface area contributed by atoms with Crippen LogP contribution in [0.15, 0.2) is 22.7 Å². The van der Waals surface area contributed by atoms with Crippen LogP contribution in [0.5, 0.6) is 5.75 Å². The Kier molecular flexibility index (Phi) is 6.03. The van der Waals surface area contributed by atoms with Crippen molar-refractivity contribution in [1.29, 1.82) is 0 Å².